The summed E-state index contributed by atoms with van der Waals surface area (Å²) in [4.78, 5) is 110. The molecule has 0 spiro atoms. The lowest BCUT2D eigenvalue weighted by atomic mass is 10.0. The topological polar surface area (TPSA) is 358 Å². The summed E-state index contributed by atoms with van der Waals surface area (Å²) in [6.07, 6.45) is 2.61. The van der Waals surface area contributed by atoms with Crippen molar-refractivity contribution < 1.29 is 58.0 Å². The third-order valence-electron chi connectivity index (χ3n) is 7.75. The summed E-state index contributed by atoms with van der Waals surface area (Å²) >= 11 is 0. The number of nitrogens with one attached hydrogen (secondary N) is 2. The number of fused-ring (bicyclic) bond motifs is 2. The van der Waals surface area contributed by atoms with E-state index in [0.29, 0.717) is 11.1 Å². The van der Waals surface area contributed by atoms with Gasteiger partial charge in [-0.1, -0.05) is 24.3 Å². The predicted molar refractivity (Wildman–Crippen MR) is 190 cm³/mol. The van der Waals surface area contributed by atoms with Crippen molar-refractivity contribution in [2.24, 2.45) is 11.5 Å². The maximum Gasteiger partial charge on any atom is 0.374 e. The van der Waals surface area contributed by atoms with Gasteiger partial charge in [-0.3, -0.25) is 19.2 Å². The van der Waals surface area contributed by atoms with Crippen LogP contribution in [0.3, 0.4) is 0 Å². The zero-order chi connectivity index (χ0) is 42.3. The van der Waals surface area contributed by atoms with Gasteiger partial charge in [-0.25, -0.2) is 29.1 Å². The molecule has 58 heavy (non-hydrogen) atoms. The van der Waals surface area contributed by atoms with Crippen LogP contribution in [0.15, 0.2) is 73.1 Å². The normalized spacial score (nSPS) is 11.6. The minimum absolute atomic E-state index is 0.0839. The first-order chi connectivity index (χ1) is 27.6. The first kappa shape index (κ1) is 40.5. The van der Waals surface area contributed by atoms with Gasteiger partial charge in [0.05, 0.1) is 37.7 Å². The third-order valence-corrected chi connectivity index (χ3v) is 7.75. The SMILES string of the molecule is COC(=O)c1ccc([C@@H](NC(=O)c2nc(C(=O)O)n3nccc3n2)C(N)=O)cc1.COC(=O)c1ccc([C@@H](NC(=O)c2nc(C(=O)O)nc3ccnn23)C(N)=O)cc1. The zero-order valence-corrected chi connectivity index (χ0v) is 29.8. The van der Waals surface area contributed by atoms with E-state index in [1.807, 2.05) is 0 Å². The van der Waals surface area contributed by atoms with Crippen LogP contribution >= 0.6 is 0 Å². The van der Waals surface area contributed by atoms with Gasteiger partial charge in [-0.15, -0.1) is 0 Å². The molecule has 6 aromatic rings. The highest BCUT2D eigenvalue weighted by Gasteiger charge is 2.27. The number of rotatable bonds is 12. The molecule has 0 fully saturated rings. The number of nitrogens with two attached hydrogens (primary N) is 2. The van der Waals surface area contributed by atoms with Crippen LogP contribution in [0.4, 0.5) is 0 Å². The number of carbonyl (C=O) groups excluding carboxylic acids is 6. The first-order valence-corrected chi connectivity index (χ1v) is 16.1. The molecule has 4 amide bonds. The number of carboxylic acids is 2. The van der Waals surface area contributed by atoms with Gasteiger partial charge >= 0.3 is 23.9 Å². The highest BCUT2D eigenvalue weighted by Crippen LogP contribution is 2.17. The van der Waals surface area contributed by atoms with Crippen molar-refractivity contribution in [2.75, 3.05) is 14.2 Å². The van der Waals surface area contributed by atoms with E-state index in [9.17, 15) is 43.5 Å². The Morgan fingerprint density at radius 1 is 0.569 bits per heavy atom. The number of benzene rings is 2. The molecule has 0 saturated heterocycles. The lowest BCUT2D eigenvalue weighted by molar-refractivity contribution is -0.120. The minimum Gasteiger partial charge on any atom is -0.475 e. The molecule has 8 N–H and O–H groups in total. The Morgan fingerprint density at radius 2 is 0.983 bits per heavy atom. The maximum atomic E-state index is 12.7. The molecule has 4 aromatic heterocycles. The Labute approximate surface area is 322 Å². The van der Waals surface area contributed by atoms with Crippen molar-refractivity contribution in [3.63, 3.8) is 0 Å². The smallest absolute Gasteiger partial charge is 0.374 e. The number of aromatic nitrogens is 8. The molecule has 296 valence electrons. The van der Waals surface area contributed by atoms with Crippen LogP contribution < -0.4 is 22.1 Å². The fourth-order valence-corrected chi connectivity index (χ4v) is 5.02. The van der Waals surface area contributed by atoms with E-state index in [4.69, 9.17) is 16.6 Å². The van der Waals surface area contributed by atoms with Gasteiger partial charge < -0.3 is 41.8 Å². The average molecular weight is 797 g/mol. The number of carbonyl (C=O) groups is 8. The summed E-state index contributed by atoms with van der Waals surface area (Å²) in [6, 6.07) is 11.5. The number of ether oxygens (including phenoxy) is 2. The number of hydrogen-bond acceptors (Lipinski definition) is 16. The molecular weight excluding hydrogens is 768 g/mol. The molecule has 0 radical (unpaired) electrons. The molecule has 2 atom stereocenters. The molecule has 4 heterocycles. The second-order valence-electron chi connectivity index (χ2n) is 11.4. The Hall–Kier alpha value is -8.70. The fraction of sp³-hybridized carbons (Fsp3) is 0.118. The molecular formula is C34H28N12O12. The summed E-state index contributed by atoms with van der Waals surface area (Å²) in [6.45, 7) is 0. The van der Waals surface area contributed by atoms with Crippen molar-refractivity contribution in [2.45, 2.75) is 12.1 Å². The molecule has 0 aliphatic rings. The number of aromatic carboxylic acids is 2. The summed E-state index contributed by atoms with van der Waals surface area (Å²) in [5.74, 6) is -9.58. The number of carboxylic acid groups (broad SMARTS) is 2. The number of amides is 4. The van der Waals surface area contributed by atoms with Crippen LogP contribution in [0, 0.1) is 0 Å². The van der Waals surface area contributed by atoms with Gasteiger partial charge in [0.1, 0.15) is 12.1 Å². The summed E-state index contributed by atoms with van der Waals surface area (Å²) in [7, 11) is 2.46. The summed E-state index contributed by atoms with van der Waals surface area (Å²) in [5.41, 5.74) is 12.0. The number of methoxy groups -OCH3 is 2. The minimum atomic E-state index is -1.44. The van der Waals surface area contributed by atoms with Gasteiger partial charge in [0, 0.05) is 12.1 Å². The Kier molecular flexibility index (Phi) is 12.0. The van der Waals surface area contributed by atoms with Crippen molar-refractivity contribution in [1.82, 2.24) is 49.8 Å². The molecule has 0 bridgehead atoms. The fourth-order valence-electron chi connectivity index (χ4n) is 5.02. The van der Waals surface area contributed by atoms with Crippen molar-refractivity contribution >= 4 is 58.8 Å². The Balaban J connectivity index is 0.000000221. The van der Waals surface area contributed by atoms with E-state index < -0.39 is 82.9 Å². The van der Waals surface area contributed by atoms with Gasteiger partial charge in [0.25, 0.3) is 11.8 Å². The van der Waals surface area contributed by atoms with E-state index in [0.717, 1.165) is 9.03 Å². The van der Waals surface area contributed by atoms with Crippen molar-refractivity contribution in [1.29, 1.82) is 0 Å². The standard InChI is InChI=1S/2C17H14N6O6/c1-29-17(28)9-4-2-8(3-5-9)11(12(18)24)21-15(25)14-22-13(16(26)27)20-10-6-7-19-23(10)14;1-29-17(28)9-4-2-8(3-5-9)11(12(18)24)21-15(25)13-20-10-6-7-19-23(10)14(22-13)16(26)27/h2*2-7,11H,1H3,(H2,18,24)(H,21,25)(H,26,27)/t2*11-/m11/s1. The monoisotopic (exact) mass is 796 g/mol. The van der Waals surface area contributed by atoms with Crippen LogP contribution in [0.25, 0.3) is 11.3 Å². The third kappa shape index (κ3) is 8.81. The molecule has 6 rings (SSSR count). The van der Waals surface area contributed by atoms with Gasteiger partial charge in [0.2, 0.25) is 35.1 Å². The van der Waals surface area contributed by atoms with E-state index in [2.05, 4.69) is 50.2 Å². The lowest BCUT2D eigenvalue weighted by Gasteiger charge is -2.16. The molecule has 2 aromatic carbocycles. The van der Waals surface area contributed by atoms with E-state index >= 15 is 0 Å². The summed E-state index contributed by atoms with van der Waals surface area (Å²) in [5, 5.41) is 30.8. The second-order valence-corrected chi connectivity index (χ2v) is 11.4. The van der Waals surface area contributed by atoms with Crippen LogP contribution in [0.5, 0.6) is 0 Å². The van der Waals surface area contributed by atoms with Crippen molar-refractivity contribution in [3.05, 3.63) is 119 Å². The first-order valence-electron chi connectivity index (χ1n) is 16.1. The van der Waals surface area contributed by atoms with E-state index in [1.54, 1.807) is 0 Å². The van der Waals surface area contributed by atoms with Crippen LogP contribution in [0.1, 0.15) is 86.4 Å². The largest absolute Gasteiger partial charge is 0.475 e. The van der Waals surface area contributed by atoms with Crippen molar-refractivity contribution in [3.8, 4) is 0 Å². The summed E-state index contributed by atoms with van der Waals surface area (Å²) < 4.78 is 11.2. The van der Waals surface area contributed by atoms with E-state index in [1.165, 1.54) is 87.3 Å². The lowest BCUT2D eigenvalue weighted by Crippen LogP contribution is -2.39. The zero-order valence-electron chi connectivity index (χ0n) is 29.8. The maximum absolute atomic E-state index is 12.7. The van der Waals surface area contributed by atoms with Crippen LogP contribution in [-0.2, 0) is 19.1 Å². The average Bonchev–Trinajstić information content (AvgIpc) is 3.90. The van der Waals surface area contributed by atoms with Crippen LogP contribution in [-0.4, -0.2) is 111 Å². The quantitative estimate of drug-likeness (QED) is 0.0820. The second kappa shape index (κ2) is 17.2. The number of primary amides is 2. The highest BCUT2D eigenvalue weighted by atomic mass is 16.5. The number of esters is 2. The molecule has 0 aliphatic heterocycles. The molecule has 24 heteroatoms. The number of nitrogens with zero attached hydrogens (tertiary/aromatic N) is 8. The molecule has 0 saturated carbocycles. The highest BCUT2D eigenvalue weighted by molar-refractivity contribution is 5.98. The van der Waals surface area contributed by atoms with Gasteiger partial charge in [0.15, 0.2) is 11.3 Å². The number of hydrogen-bond donors (Lipinski definition) is 6. The van der Waals surface area contributed by atoms with Crippen LogP contribution in [0.2, 0.25) is 0 Å². The molecule has 24 nitrogen and oxygen atoms in total. The predicted octanol–water partition coefficient (Wildman–Crippen LogP) is -0.869. The van der Waals surface area contributed by atoms with E-state index in [-0.39, 0.29) is 22.4 Å². The van der Waals surface area contributed by atoms with Gasteiger partial charge in [-0.2, -0.15) is 29.2 Å². The Bertz CT molecular complexity index is 2600. The Morgan fingerprint density at radius 3 is 1.40 bits per heavy atom. The van der Waals surface area contributed by atoms with Gasteiger partial charge in [-0.05, 0) is 35.4 Å². The molecule has 0 unspecified atom stereocenters. The molecule has 0 aliphatic carbocycles.